The molecule has 0 aliphatic heterocycles. The van der Waals surface area contributed by atoms with Crippen LogP contribution >= 0.6 is 0 Å². The van der Waals surface area contributed by atoms with Crippen molar-refractivity contribution in [1.29, 1.82) is 0 Å². The highest BCUT2D eigenvalue weighted by Crippen LogP contribution is 2.31. The van der Waals surface area contributed by atoms with Crippen molar-refractivity contribution in [3.8, 4) is 0 Å². The maximum Gasteiger partial charge on any atom is 0.248 e. The molecule has 1 aliphatic carbocycles. The zero-order chi connectivity index (χ0) is 17.8. The number of primary amides is 1. The summed E-state index contributed by atoms with van der Waals surface area (Å²) in [6.45, 7) is 2.62. The van der Waals surface area contributed by atoms with Crippen molar-refractivity contribution in [3.63, 3.8) is 0 Å². The van der Waals surface area contributed by atoms with Crippen LogP contribution in [0.2, 0.25) is 0 Å². The standard InChI is InChI=1S/C21H24N2O2/c1-15(17-7-3-2-4-8-17)12-20(24)23(19-10-11-19)14-16-6-5-9-18(13-16)21(22)25/h2-9,13,15,19H,10-12,14H2,1H3,(H2,22,25). The molecule has 2 aromatic rings. The highest BCUT2D eigenvalue weighted by Gasteiger charge is 2.33. The van der Waals surface area contributed by atoms with Crippen LogP contribution in [0.1, 0.15) is 53.6 Å². The Balaban J connectivity index is 1.70. The number of rotatable bonds is 7. The Morgan fingerprint density at radius 2 is 1.84 bits per heavy atom. The van der Waals surface area contributed by atoms with Crippen LogP contribution in [0, 0.1) is 0 Å². The molecular formula is C21H24N2O2. The van der Waals surface area contributed by atoms with Gasteiger partial charge in [-0.2, -0.15) is 0 Å². The summed E-state index contributed by atoms with van der Waals surface area (Å²) in [5.74, 6) is -0.0842. The third kappa shape index (κ3) is 4.47. The molecule has 0 heterocycles. The Labute approximate surface area is 148 Å². The largest absolute Gasteiger partial charge is 0.366 e. The van der Waals surface area contributed by atoms with E-state index in [1.807, 2.05) is 35.2 Å². The van der Waals surface area contributed by atoms with Crippen LogP contribution in [0.5, 0.6) is 0 Å². The van der Waals surface area contributed by atoms with E-state index in [0.717, 1.165) is 18.4 Å². The van der Waals surface area contributed by atoms with Gasteiger partial charge in [0.25, 0.3) is 0 Å². The Hall–Kier alpha value is -2.62. The quantitative estimate of drug-likeness (QED) is 0.841. The smallest absolute Gasteiger partial charge is 0.248 e. The molecule has 0 saturated heterocycles. The van der Waals surface area contributed by atoms with Crippen LogP contribution in [0.15, 0.2) is 54.6 Å². The summed E-state index contributed by atoms with van der Waals surface area (Å²) in [4.78, 5) is 26.2. The Bertz CT molecular complexity index is 754. The lowest BCUT2D eigenvalue weighted by Crippen LogP contribution is -2.33. The van der Waals surface area contributed by atoms with Gasteiger partial charge in [-0.1, -0.05) is 49.4 Å². The summed E-state index contributed by atoms with van der Waals surface area (Å²) in [6.07, 6.45) is 2.61. The number of carbonyl (C=O) groups excluding carboxylic acids is 2. The van der Waals surface area contributed by atoms with E-state index in [4.69, 9.17) is 5.73 Å². The van der Waals surface area contributed by atoms with Crippen LogP contribution in [0.3, 0.4) is 0 Å². The second kappa shape index (κ2) is 7.51. The SMILES string of the molecule is CC(CC(=O)N(Cc1cccc(C(N)=O)c1)C1CC1)c1ccccc1. The normalized spacial score (nSPS) is 14.8. The highest BCUT2D eigenvalue weighted by molar-refractivity contribution is 5.92. The minimum absolute atomic E-state index is 0.170. The van der Waals surface area contributed by atoms with Gasteiger partial charge in [0.15, 0.2) is 0 Å². The van der Waals surface area contributed by atoms with Crippen LogP contribution in [0.4, 0.5) is 0 Å². The van der Waals surface area contributed by atoms with E-state index in [9.17, 15) is 9.59 Å². The van der Waals surface area contributed by atoms with Gasteiger partial charge in [0.05, 0.1) is 0 Å². The first-order valence-corrected chi connectivity index (χ1v) is 8.77. The first kappa shape index (κ1) is 17.2. The number of carbonyl (C=O) groups is 2. The van der Waals surface area contributed by atoms with E-state index in [-0.39, 0.29) is 11.8 Å². The number of nitrogens with two attached hydrogens (primary N) is 1. The second-order valence-corrected chi connectivity index (χ2v) is 6.83. The summed E-state index contributed by atoms with van der Waals surface area (Å²) in [5, 5.41) is 0. The molecule has 1 unspecified atom stereocenters. The molecule has 1 fully saturated rings. The van der Waals surface area contributed by atoms with E-state index >= 15 is 0 Å². The topological polar surface area (TPSA) is 63.4 Å². The molecule has 4 heteroatoms. The maximum absolute atomic E-state index is 12.9. The van der Waals surface area contributed by atoms with Gasteiger partial charge in [-0.25, -0.2) is 0 Å². The lowest BCUT2D eigenvalue weighted by Gasteiger charge is -2.24. The minimum Gasteiger partial charge on any atom is -0.366 e. The van der Waals surface area contributed by atoms with Crippen LogP contribution < -0.4 is 5.73 Å². The molecule has 0 radical (unpaired) electrons. The van der Waals surface area contributed by atoms with Crippen LogP contribution in [0.25, 0.3) is 0 Å². The molecule has 25 heavy (non-hydrogen) atoms. The maximum atomic E-state index is 12.9. The molecule has 1 aliphatic rings. The van der Waals surface area contributed by atoms with Crippen molar-refractivity contribution in [2.24, 2.45) is 5.73 Å². The predicted molar refractivity (Wildman–Crippen MR) is 98.0 cm³/mol. The fraction of sp³-hybridized carbons (Fsp3) is 0.333. The fourth-order valence-electron chi connectivity index (χ4n) is 3.11. The molecule has 3 rings (SSSR count). The summed E-state index contributed by atoms with van der Waals surface area (Å²) < 4.78 is 0. The average Bonchev–Trinajstić information content (AvgIpc) is 3.45. The van der Waals surface area contributed by atoms with Gasteiger partial charge in [-0.15, -0.1) is 0 Å². The monoisotopic (exact) mass is 336 g/mol. The van der Waals surface area contributed by atoms with Crippen LogP contribution in [-0.4, -0.2) is 22.8 Å². The Morgan fingerprint density at radius 1 is 1.12 bits per heavy atom. The number of amides is 2. The van der Waals surface area contributed by atoms with Crippen molar-refractivity contribution in [2.75, 3.05) is 0 Å². The Morgan fingerprint density at radius 3 is 2.48 bits per heavy atom. The summed E-state index contributed by atoms with van der Waals surface area (Å²) >= 11 is 0. The number of benzene rings is 2. The summed E-state index contributed by atoms with van der Waals surface area (Å²) in [7, 11) is 0. The van der Waals surface area contributed by atoms with Gasteiger partial charge in [0.2, 0.25) is 11.8 Å². The number of hydrogen-bond acceptors (Lipinski definition) is 2. The van der Waals surface area contributed by atoms with Crippen molar-refractivity contribution < 1.29 is 9.59 Å². The molecule has 0 spiro atoms. The molecule has 0 bridgehead atoms. The third-order valence-electron chi connectivity index (χ3n) is 4.72. The first-order valence-electron chi connectivity index (χ1n) is 8.77. The lowest BCUT2D eigenvalue weighted by atomic mass is 9.97. The molecule has 130 valence electrons. The summed E-state index contributed by atoms with van der Waals surface area (Å²) in [5.41, 5.74) is 7.97. The van der Waals surface area contributed by atoms with E-state index in [2.05, 4.69) is 19.1 Å². The molecule has 1 atom stereocenters. The van der Waals surface area contributed by atoms with Crippen molar-refractivity contribution in [3.05, 3.63) is 71.3 Å². The van der Waals surface area contributed by atoms with Crippen molar-refractivity contribution in [2.45, 2.75) is 44.7 Å². The average molecular weight is 336 g/mol. The van der Waals surface area contributed by atoms with Gasteiger partial charge in [-0.3, -0.25) is 9.59 Å². The van der Waals surface area contributed by atoms with Gasteiger partial charge >= 0.3 is 0 Å². The van der Waals surface area contributed by atoms with Crippen LogP contribution in [-0.2, 0) is 11.3 Å². The highest BCUT2D eigenvalue weighted by atomic mass is 16.2. The first-order chi connectivity index (χ1) is 12.0. The fourth-order valence-corrected chi connectivity index (χ4v) is 3.11. The van der Waals surface area contributed by atoms with Gasteiger partial charge in [0, 0.05) is 24.6 Å². The minimum atomic E-state index is -0.441. The molecule has 2 aromatic carbocycles. The third-order valence-corrected chi connectivity index (χ3v) is 4.72. The van der Waals surface area contributed by atoms with E-state index < -0.39 is 5.91 Å². The molecular weight excluding hydrogens is 312 g/mol. The van der Waals surface area contributed by atoms with Crippen molar-refractivity contribution >= 4 is 11.8 Å². The molecule has 2 N–H and O–H groups in total. The van der Waals surface area contributed by atoms with E-state index in [0.29, 0.717) is 24.6 Å². The predicted octanol–water partition coefficient (Wildman–Crippen LogP) is 3.47. The van der Waals surface area contributed by atoms with Gasteiger partial charge in [-0.05, 0) is 42.0 Å². The van der Waals surface area contributed by atoms with Gasteiger partial charge < -0.3 is 10.6 Å². The molecule has 4 nitrogen and oxygen atoms in total. The Kier molecular flexibility index (Phi) is 5.17. The molecule has 1 saturated carbocycles. The van der Waals surface area contributed by atoms with Crippen molar-refractivity contribution in [1.82, 2.24) is 4.90 Å². The number of hydrogen-bond donors (Lipinski definition) is 1. The van der Waals surface area contributed by atoms with E-state index in [1.54, 1.807) is 12.1 Å². The molecule has 2 amide bonds. The van der Waals surface area contributed by atoms with Gasteiger partial charge in [0.1, 0.15) is 0 Å². The molecule has 0 aromatic heterocycles. The second-order valence-electron chi connectivity index (χ2n) is 6.83. The lowest BCUT2D eigenvalue weighted by molar-refractivity contribution is -0.132. The zero-order valence-corrected chi connectivity index (χ0v) is 14.5. The zero-order valence-electron chi connectivity index (χ0n) is 14.5. The van der Waals surface area contributed by atoms with E-state index in [1.165, 1.54) is 5.56 Å². The number of nitrogens with zero attached hydrogens (tertiary/aromatic N) is 1. The summed E-state index contributed by atoms with van der Waals surface area (Å²) in [6, 6.07) is 17.7.